The maximum Gasteiger partial charge on any atom is 0.259 e. The molecule has 0 atom stereocenters. The van der Waals surface area contributed by atoms with Crippen LogP contribution in [0.15, 0.2) is 41.3 Å². The molecule has 1 N–H and O–H groups in total. The molecule has 0 radical (unpaired) electrons. The summed E-state index contributed by atoms with van der Waals surface area (Å²) in [6.07, 6.45) is 4.42. The van der Waals surface area contributed by atoms with Crippen molar-refractivity contribution in [3.63, 3.8) is 0 Å². The molecule has 7 heteroatoms. The Morgan fingerprint density at radius 2 is 2.16 bits per heavy atom. The van der Waals surface area contributed by atoms with Crippen molar-refractivity contribution in [2.24, 2.45) is 0 Å². The molecule has 0 aliphatic rings. The number of hydrogen-bond donors (Lipinski definition) is 1. The van der Waals surface area contributed by atoms with Crippen LogP contribution in [0.1, 0.15) is 0 Å². The fourth-order valence-corrected chi connectivity index (χ4v) is 1.74. The molecule has 6 nitrogen and oxygen atoms in total. The zero-order valence-corrected chi connectivity index (χ0v) is 10.2. The lowest BCUT2D eigenvalue weighted by Crippen LogP contribution is -1.86. The van der Waals surface area contributed by atoms with Crippen LogP contribution in [-0.4, -0.2) is 25.2 Å². The normalized spacial score (nSPS) is 10.6. The topological polar surface area (TPSA) is 84.9 Å². The molecule has 0 unspecified atom stereocenters. The Morgan fingerprint density at radius 1 is 1.26 bits per heavy atom. The standard InChI is InChI=1S/C12H7ClN4O2/c13-9-2-1-3-15-10(9)11-16-12(19-17-11)7-4-8(18)6-14-5-7/h1-6,18H. The van der Waals surface area contributed by atoms with E-state index in [1.807, 2.05) is 0 Å². The van der Waals surface area contributed by atoms with Crippen LogP contribution < -0.4 is 0 Å². The maximum absolute atomic E-state index is 9.36. The van der Waals surface area contributed by atoms with Crippen molar-refractivity contribution >= 4 is 11.6 Å². The van der Waals surface area contributed by atoms with E-state index in [0.717, 1.165) is 0 Å². The highest BCUT2D eigenvalue weighted by molar-refractivity contribution is 6.32. The van der Waals surface area contributed by atoms with Gasteiger partial charge in [-0.05, 0) is 18.2 Å². The molecule has 3 aromatic rings. The van der Waals surface area contributed by atoms with E-state index in [2.05, 4.69) is 20.1 Å². The van der Waals surface area contributed by atoms with Gasteiger partial charge in [-0.15, -0.1) is 0 Å². The molecule has 3 heterocycles. The summed E-state index contributed by atoms with van der Waals surface area (Å²) in [6, 6.07) is 4.88. The molecule has 19 heavy (non-hydrogen) atoms. The van der Waals surface area contributed by atoms with Gasteiger partial charge in [0.05, 0.1) is 16.8 Å². The molecular weight excluding hydrogens is 268 g/mol. The van der Waals surface area contributed by atoms with E-state index in [0.29, 0.717) is 16.3 Å². The Bertz CT molecular complexity index is 729. The van der Waals surface area contributed by atoms with Crippen molar-refractivity contribution in [1.29, 1.82) is 0 Å². The highest BCUT2D eigenvalue weighted by Gasteiger charge is 2.14. The smallest absolute Gasteiger partial charge is 0.259 e. The summed E-state index contributed by atoms with van der Waals surface area (Å²) < 4.78 is 5.10. The summed E-state index contributed by atoms with van der Waals surface area (Å²) in [7, 11) is 0. The fourth-order valence-electron chi connectivity index (χ4n) is 1.53. The highest BCUT2D eigenvalue weighted by atomic mass is 35.5. The molecule has 0 saturated carbocycles. The first-order chi connectivity index (χ1) is 9.24. The zero-order valence-electron chi connectivity index (χ0n) is 9.49. The van der Waals surface area contributed by atoms with Gasteiger partial charge in [-0.3, -0.25) is 9.97 Å². The number of aromatic nitrogens is 4. The van der Waals surface area contributed by atoms with Crippen LogP contribution in [-0.2, 0) is 0 Å². The molecule has 3 aromatic heterocycles. The van der Waals surface area contributed by atoms with Gasteiger partial charge >= 0.3 is 0 Å². The third-order valence-electron chi connectivity index (χ3n) is 2.37. The average molecular weight is 275 g/mol. The number of pyridine rings is 2. The quantitative estimate of drug-likeness (QED) is 0.773. The van der Waals surface area contributed by atoms with Crippen molar-refractivity contribution in [2.45, 2.75) is 0 Å². The summed E-state index contributed by atoms with van der Waals surface area (Å²) in [5, 5.41) is 13.6. The van der Waals surface area contributed by atoms with Gasteiger partial charge in [-0.2, -0.15) is 4.98 Å². The molecule has 0 saturated heterocycles. The van der Waals surface area contributed by atoms with Gasteiger partial charge in [0.15, 0.2) is 0 Å². The van der Waals surface area contributed by atoms with E-state index >= 15 is 0 Å². The van der Waals surface area contributed by atoms with Gasteiger partial charge in [-0.25, -0.2) is 0 Å². The average Bonchev–Trinajstić information content (AvgIpc) is 2.89. The van der Waals surface area contributed by atoms with Gasteiger partial charge in [0.2, 0.25) is 5.82 Å². The first kappa shape index (κ1) is 11.6. The van der Waals surface area contributed by atoms with E-state index in [-0.39, 0.29) is 17.5 Å². The summed E-state index contributed by atoms with van der Waals surface area (Å²) in [5.41, 5.74) is 0.957. The predicted octanol–water partition coefficient (Wildman–Crippen LogP) is 2.55. The Labute approximate surface area is 112 Å². The zero-order chi connectivity index (χ0) is 13.2. The van der Waals surface area contributed by atoms with Gasteiger partial charge in [0, 0.05) is 12.4 Å². The molecule has 3 rings (SSSR count). The van der Waals surface area contributed by atoms with Gasteiger partial charge < -0.3 is 9.63 Å². The Kier molecular flexibility index (Phi) is 2.85. The minimum Gasteiger partial charge on any atom is -0.506 e. The van der Waals surface area contributed by atoms with Crippen LogP contribution >= 0.6 is 11.6 Å². The van der Waals surface area contributed by atoms with E-state index in [9.17, 15) is 5.11 Å². The summed E-state index contributed by atoms with van der Waals surface area (Å²) >= 11 is 6.00. The molecule has 0 aromatic carbocycles. The van der Waals surface area contributed by atoms with Crippen LogP contribution in [0.5, 0.6) is 5.75 Å². The maximum atomic E-state index is 9.36. The molecule has 0 fully saturated rings. The summed E-state index contributed by atoms with van der Waals surface area (Å²) in [4.78, 5) is 12.1. The van der Waals surface area contributed by atoms with Gasteiger partial charge in [0.1, 0.15) is 11.4 Å². The SMILES string of the molecule is Oc1cncc(-c2nc(-c3ncccc3Cl)no2)c1. The Balaban J connectivity index is 2.03. The highest BCUT2D eigenvalue weighted by Crippen LogP contribution is 2.26. The molecule has 0 aliphatic heterocycles. The second-order valence-electron chi connectivity index (χ2n) is 3.69. The molecular formula is C12H7ClN4O2. The van der Waals surface area contributed by atoms with E-state index in [4.69, 9.17) is 16.1 Å². The lowest BCUT2D eigenvalue weighted by Gasteiger charge is -1.95. The number of rotatable bonds is 2. The monoisotopic (exact) mass is 274 g/mol. The van der Waals surface area contributed by atoms with Crippen molar-refractivity contribution in [3.8, 4) is 28.7 Å². The third kappa shape index (κ3) is 2.25. The number of aromatic hydroxyl groups is 1. The largest absolute Gasteiger partial charge is 0.506 e. The van der Waals surface area contributed by atoms with Crippen LogP contribution in [0.2, 0.25) is 5.02 Å². The molecule has 0 spiro atoms. The molecule has 94 valence electrons. The second kappa shape index (κ2) is 4.66. The van der Waals surface area contributed by atoms with Crippen molar-refractivity contribution in [3.05, 3.63) is 41.8 Å². The van der Waals surface area contributed by atoms with Crippen LogP contribution in [0.25, 0.3) is 23.0 Å². The second-order valence-corrected chi connectivity index (χ2v) is 4.10. The van der Waals surface area contributed by atoms with E-state index in [1.54, 1.807) is 18.3 Å². The molecule has 0 aliphatic carbocycles. The number of hydrogen-bond acceptors (Lipinski definition) is 6. The minimum atomic E-state index is 0.0214. The summed E-state index contributed by atoms with van der Waals surface area (Å²) in [5.74, 6) is 0.539. The first-order valence-electron chi connectivity index (χ1n) is 5.33. The van der Waals surface area contributed by atoms with Crippen molar-refractivity contribution < 1.29 is 9.63 Å². The lowest BCUT2D eigenvalue weighted by molar-refractivity contribution is 0.431. The Hall–Kier alpha value is -2.47. The van der Waals surface area contributed by atoms with Crippen LogP contribution in [0.3, 0.4) is 0 Å². The van der Waals surface area contributed by atoms with Crippen molar-refractivity contribution in [1.82, 2.24) is 20.1 Å². The van der Waals surface area contributed by atoms with Crippen LogP contribution in [0.4, 0.5) is 0 Å². The molecule has 0 amide bonds. The van der Waals surface area contributed by atoms with Gasteiger partial charge in [-0.1, -0.05) is 16.8 Å². The minimum absolute atomic E-state index is 0.0214. The third-order valence-corrected chi connectivity index (χ3v) is 2.67. The molecule has 0 bridgehead atoms. The Morgan fingerprint density at radius 3 is 2.95 bits per heavy atom. The van der Waals surface area contributed by atoms with Crippen molar-refractivity contribution in [2.75, 3.05) is 0 Å². The first-order valence-corrected chi connectivity index (χ1v) is 5.71. The lowest BCUT2D eigenvalue weighted by atomic mass is 10.3. The summed E-state index contributed by atoms with van der Waals surface area (Å²) in [6.45, 7) is 0. The predicted molar refractivity (Wildman–Crippen MR) is 67.4 cm³/mol. The van der Waals surface area contributed by atoms with E-state index in [1.165, 1.54) is 18.5 Å². The number of nitrogens with zero attached hydrogens (tertiary/aromatic N) is 4. The van der Waals surface area contributed by atoms with Crippen LogP contribution in [0, 0.1) is 0 Å². The number of halogens is 1. The fraction of sp³-hybridized carbons (Fsp3) is 0. The van der Waals surface area contributed by atoms with E-state index < -0.39 is 0 Å². The van der Waals surface area contributed by atoms with Gasteiger partial charge in [0.25, 0.3) is 5.89 Å².